The van der Waals surface area contributed by atoms with Crippen LogP contribution in [-0.2, 0) is 11.3 Å². The molecule has 0 atom stereocenters. The van der Waals surface area contributed by atoms with Crippen molar-refractivity contribution in [3.8, 4) is 0 Å². The van der Waals surface area contributed by atoms with Crippen molar-refractivity contribution in [3.05, 3.63) is 22.7 Å². The predicted octanol–water partition coefficient (Wildman–Crippen LogP) is 1.85. The van der Waals surface area contributed by atoms with Gasteiger partial charge in [0.1, 0.15) is 5.54 Å². The second kappa shape index (κ2) is 6.07. The fourth-order valence-corrected chi connectivity index (χ4v) is 2.72. The summed E-state index contributed by atoms with van der Waals surface area (Å²) in [5.41, 5.74) is -1.30. The highest BCUT2D eigenvalue weighted by molar-refractivity contribution is 5.82. The number of rotatable bonds is 5. The highest BCUT2D eigenvalue weighted by Gasteiger charge is 2.40. The quantitative estimate of drug-likeness (QED) is 0.859. The van der Waals surface area contributed by atoms with Gasteiger partial charge in [-0.3, -0.25) is 4.79 Å². The molecule has 1 aliphatic carbocycles. The third-order valence-electron chi connectivity index (χ3n) is 3.85. The maximum atomic E-state index is 12.2. The zero-order chi connectivity index (χ0) is 14.6. The Kier molecular flexibility index (Phi) is 4.42. The maximum absolute atomic E-state index is 12.2. The largest absolute Gasteiger partial charge is 0.480 e. The van der Waals surface area contributed by atoms with Gasteiger partial charge < -0.3 is 15.0 Å². The third kappa shape index (κ3) is 2.84. The molecule has 6 nitrogen and oxygen atoms in total. The molecule has 0 saturated heterocycles. The molecule has 1 heterocycles. The van der Waals surface area contributed by atoms with Gasteiger partial charge >= 0.3 is 5.97 Å². The van der Waals surface area contributed by atoms with Gasteiger partial charge in [-0.2, -0.15) is 0 Å². The van der Waals surface area contributed by atoms with Gasteiger partial charge in [-0.1, -0.05) is 26.2 Å². The lowest BCUT2D eigenvalue weighted by molar-refractivity contribution is -0.143. The van der Waals surface area contributed by atoms with E-state index in [9.17, 15) is 14.7 Å². The van der Waals surface area contributed by atoms with E-state index in [1.54, 1.807) is 10.8 Å². The number of carboxylic acids is 1. The van der Waals surface area contributed by atoms with Crippen LogP contribution in [0.25, 0.3) is 0 Å². The fraction of sp³-hybridized carbons (Fsp3) is 0.643. The Bertz CT molecular complexity index is 533. The van der Waals surface area contributed by atoms with Crippen LogP contribution in [0.5, 0.6) is 0 Å². The smallest absolute Gasteiger partial charge is 0.329 e. The Balaban J connectivity index is 2.29. The van der Waals surface area contributed by atoms with E-state index in [4.69, 9.17) is 0 Å². The van der Waals surface area contributed by atoms with Crippen molar-refractivity contribution in [1.82, 2.24) is 9.55 Å². The van der Waals surface area contributed by atoms with Gasteiger partial charge in [-0.05, 0) is 19.3 Å². The van der Waals surface area contributed by atoms with Gasteiger partial charge in [0.15, 0.2) is 5.82 Å². The summed E-state index contributed by atoms with van der Waals surface area (Å²) in [6, 6.07) is 0. The molecule has 2 N–H and O–H groups in total. The molecule has 0 aromatic carbocycles. The van der Waals surface area contributed by atoms with Gasteiger partial charge in [-0.15, -0.1) is 0 Å². The van der Waals surface area contributed by atoms with Gasteiger partial charge in [0.05, 0.1) is 0 Å². The molecule has 1 aromatic rings. The van der Waals surface area contributed by atoms with Crippen LogP contribution in [-0.4, -0.2) is 26.2 Å². The highest BCUT2D eigenvalue weighted by atomic mass is 16.4. The summed E-state index contributed by atoms with van der Waals surface area (Å²) in [4.78, 5) is 27.9. The lowest BCUT2D eigenvalue weighted by Crippen LogP contribution is -2.49. The Hall–Kier alpha value is -1.85. The van der Waals surface area contributed by atoms with E-state index in [-0.39, 0.29) is 11.4 Å². The number of anilines is 1. The molecule has 110 valence electrons. The van der Waals surface area contributed by atoms with Crippen molar-refractivity contribution in [1.29, 1.82) is 0 Å². The van der Waals surface area contributed by atoms with E-state index in [2.05, 4.69) is 10.3 Å². The van der Waals surface area contributed by atoms with Crippen LogP contribution in [0.3, 0.4) is 0 Å². The van der Waals surface area contributed by atoms with E-state index in [0.29, 0.717) is 19.4 Å². The number of aryl methyl sites for hydroxylation is 1. The van der Waals surface area contributed by atoms with Crippen LogP contribution < -0.4 is 10.9 Å². The van der Waals surface area contributed by atoms with Gasteiger partial charge in [-0.25, -0.2) is 9.78 Å². The van der Waals surface area contributed by atoms with Gasteiger partial charge in [0, 0.05) is 18.9 Å². The SMILES string of the molecule is CCCn1ccnc(NC2(C(=O)O)CCCCC2)c1=O. The number of aromatic nitrogens is 2. The van der Waals surface area contributed by atoms with Crippen molar-refractivity contribution in [2.45, 2.75) is 57.5 Å². The summed E-state index contributed by atoms with van der Waals surface area (Å²) >= 11 is 0. The van der Waals surface area contributed by atoms with E-state index in [1.165, 1.54) is 6.20 Å². The third-order valence-corrected chi connectivity index (χ3v) is 3.85. The number of nitrogens with zero attached hydrogens (tertiary/aromatic N) is 2. The summed E-state index contributed by atoms with van der Waals surface area (Å²) < 4.78 is 1.56. The second-order valence-electron chi connectivity index (χ2n) is 5.35. The summed E-state index contributed by atoms with van der Waals surface area (Å²) in [5.74, 6) is -0.755. The maximum Gasteiger partial charge on any atom is 0.329 e. The van der Waals surface area contributed by atoms with Crippen LogP contribution in [0.2, 0.25) is 0 Å². The average molecular weight is 279 g/mol. The Morgan fingerprint density at radius 2 is 2.15 bits per heavy atom. The number of hydrogen-bond acceptors (Lipinski definition) is 4. The molecule has 0 bridgehead atoms. The molecule has 1 aromatic heterocycles. The summed E-state index contributed by atoms with van der Waals surface area (Å²) in [6.07, 6.45) is 7.83. The first-order valence-electron chi connectivity index (χ1n) is 7.16. The predicted molar refractivity (Wildman–Crippen MR) is 75.9 cm³/mol. The van der Waals surface area contributed by atoms with Crippen molar-refractivity contribution < 1.29 is 9.90 Å². The first-order valence-corrected chi connectivity index (χ1v) is 7.16. The fourth-order valence-electron chi connectivity index (χ4n) is 2.72. The molecule has 1 fully saturated rings. The van der Waals surface area contributed by atoms with Crippen molar-refractivity contribution >= 4 is 11.8 Å². The zero-order valence-corrected chi connectivity index (χ0v) is 11.8. The number of carbonyl (C=O) groups is 1. The topological polar surface area (TPSA) is 84.2 Å². The molecule has 0 unspecified atom stereocenters. The molecule has 0 radical (unpaired) electrons. The van der Waals surface area contributed by atoms with Crippen molar-refractivity contribution in [2.24, 2.45) is 0 Å². The molecule has 1 saturated carbocycles. The zero-order valence-electron chi connectivity index (χ0n) is 11.8. The minimum Gasteiger partial charge on any atom is -0.480 e. The summed E-state index contributed by atoms with van der Waals surface area (Å²) in [6.45, 7) is 2.59. The van der Waals surface area contributed by atoms with Gasteiger partial charge in [0.2, 0.25) is 0 Å². The van der Waals surface area contributed by atoms with Crippen LogP contribution in [0, 0.1) is 0 Å². The Labute approximate surface area is 117 Å². The summed E-state index contributed by atoms with van der Waals surface area (Å²) in [7, 11) is 0. The number of carboxylic acid groups (broad SMARTS) is 1. The first-order chi connectivity index (χ1) is 9.59. The average Bonchev–Trinajstić information content (AvgIpc) is 2.44. The standard InChI is InChI=1S/C14H21N3O3/c1-2-9-17-10-8-15-11(12(17)18)16-14(13(19)20)6-4-3-5-7-14/h8,10H,2-7,9H2,1H3,(H,15,16)(H,19,20). The number of hydrogen-bond donors (Lipinski definition) is 2. The monoisotopic (exact) mass is 279 g/mol. The molecule has 0 aliphatic heterocycles. The molecule has 6 heteroatoms. The van der Waals surface area contributed by atoms with Crippen molar-refractivity contribution in [2.75, 3.05) is 5.32 Å². The molecule has 0 amide bonds. The summed E-state index contributed by atoms with van der Waals surface area (Å²) in [5, 5.41) is 12.4. The number of nitrogens with one attached hydrogen (secondary N) is 1. The van der Waals surface area contributed by atoms with Crippen LogP contribution >= 0.6 is 0 Å². The molecular formula is C14H21N3O3. The molecule has 2 rings (SSSR count). The molecule has 20 heavy (non-hydrogen) atoms. The highest BCUT2D eigenvalue weighted by Crippen LogP contribution is 2.30. The van der Waals surface area contributed by atoms with Crippen LogP contribution in [0.15, 0.2) is 17.2 Å². The lowest BCUT2D eigenvalue weighted by Gasteiger charge is -2.34. The Morgan fingerprint density at radius 1 is 1.45 bits per heavy atom. The minimum absolute atomic E-state index is 0.144. The van der Waals surface area contributed by atoms with E-state index < -0.39 is 11.5 Å². The van der Waals surface area contributed by atoms with Crippen LogP contribution in [0.1, 0.15) is 45.4 Å². The van der Waals surface area contributed by atoms with Gasteiger partial charge in [0.25, 0.3) is 5.56 Å². The lowest BCUT2D eigenvalue weighted by atomic mass is 9.81. The van der Waals surface area contributed by atoms with Crippen LogP contribution in [0.4, 0.5) is 5.82 Å². The van der Waals surface area contributed by atoms with E-state index in [0.717, 1.165) is 25.7 Å². The minimum atomic E-state index is -1.05. The van der Waals surface area contributed by atoms with E-state index >= 15 is 0 Å². The molecule has 1 aliphatic rings. The first kappa shape index (κ1) is 14.6. The second-order valence-corrected chi connectivity index (χ2v) is 5.35. The van der Waals surface area contributed by atoms with Crippen molar-refractivity contribution in [3.63, 3.8) is 0 Å². The van der Waals surface area contributed by atoms with E-state index in [1.807, 2.05) is 6.92 Å². The Morgan fingerprint density at radius 3 is 2.75 bits per heavy atom. The number of aliphatic carboxylic acids is 1. The molecular weight excluding hydrogens is 258 g/mol. The molecule has 0 spiro atoms. The normalized spacial score (nSPS) is 17.6.